The lowest BCUT2D eigenvalue weighted by molar-refractivity contribution is 0.615. The zero-order valence-corrected chi connectivity index (χ0v) is 11.8. The van der Waals surface area contributed by atoms with Gasteiger partial charge in [-0.2, -0.15) is 0 Å². The van der Waals surface area contributed by atoms with Crippen LogP contribution < -0.4 is 0 Å². The molecule has 0 amide bonds. The van der Waals surface area contributed by atoms with E-state index in [9.17, 15) is 0 Å². The van der Waals surface area contributed by atoms with Crippen molar-refractivity contribution in [1.82, 2.24) is 9.55 Å². The number of hydrogen-bond donors (Lipinski definition) is 0. The largest absolute Gasteiger partial charge is 0.328 e. The SMILES string of the molecule is ClCCc1nc2cc(Br)ccc2n1CC1CC1. The molecule has 0 bridgehead atoms. The second-order valence-corrected chi connectivity index (χ2v) is 5.95. The Hall–Kier alpha value is -0.540. The minimum atomic E-state index is 0.634. The van der Waals surface area contributed by atoms with Crippen LogP contribution in [0.15, 0.2) is 22.7 Å². The van der Waals surface area contributed by atoms with Crippen LogP contribution in [0.4, 0.5) is 0 Å². The molecular formula is C13H14BrClN2. The van der Waals surface area contributed by atoms with E-state index in [2.05, 4.69) is 38.7 Å². The van der Waals surface area contributed by atoms with Crippen LogP contribution in [0.1, 0.15) is 18.7 Å². The summed E-state index contributed by atoms with van der Waals surface area (Å²) in [7, 11) is 0. The van der Waals surface area contributed by atoms with Crippen molar-refractivity contribution >= 4 is 38.6 Å². The highest BCUT2D eigenvalue weighted by molar-refractivity contribution is 9.10. The number of aryl methyl sites for hydroxylation is 1. The maximum Gasteiger partial charge on any atom is 0.111 e. The Kier molecular flexibility index (Phi) is 3.14. The zero-order valence-electron chi connectivity index (χ0n) is 9.50. The van der Waals surface area contributed by atoms with Crippen LogP contribution in [-0.4, -0.2) is 15.4 Å². The summed E-state index contributed by atoms with van der Waals surface area (Å²) in [5, 5.41) is 0. The van der Waals surface area contributed by atoms with Gasteiger partial charge in [0.25, 0.3) is 0 Å². The van der Waals surface area contributed by atoms with E-state index < -0.39 is 0 Å². The molecule has 0 atom stereocenters. The van der Waals surface area contributed by atoms with Crippen molar-refractivity contribution in [2.75, 3.05) is 5.88 Å². The average molecular weight is 314 g/mol. The average Bonchev–Trinajstić information content (AvgIpc) is 3.04. The molecule has 0 aliphatic heterocycles. The van der Waals surface area contributed by atoms with E-state index in [1.54, 1.807) is 0 Å². The molecule has 17 heavy (non-hydrogen) atoms. The summed E-state index contributed by atoms with van der Waals surface area (Å²) < 4.78 is 3.43. The van der Waals surface area contributed by atoms with Gasteiger partial charge in [0.2, 0.25) is 0 Å². The molecule has 0 radical (unpaired) electrons. The monoisotopic (exact) mass is 312 g/mol. The van der Waals surface area contributed by atoms with Crippen molar-refractivity contribution in [1.29, 1.82) is 0 Å². The lowest BCUT2D eigenvalue weighted by Crippen LogP contribution is -2.06. The number of imidazole rings is 1. The molecule has 0 N–H and O–H groups in total. The van der Waals surface area contributed by atoms with Gasteiger partial charge in [-0.05, 0) is 37.0 Å². The van der Waals surface area contributed by atoms with Crippen LogP contribution in [0.5, 0.6) is 0 Å². The first kappa shape index (κ1) is 11.5. The van der Waals surface area contributed by atoms with Crippen molar-refractivity contribution in [2.45, 2.75) is 25.8 Å². The molecule has 0 saturated heterocycles. The van der Waals surface area contributed by atoms with Crippen molar-refractivity contribution < 1.29 is 0 Å². The van der Waals surface area contributed by atoms with E-state index >= 15 is 0 Å². The molecular weight excluding hydrogens is 300 g/mol. The van der Waals surface area contributed by atoms with Crippen LogP contribution in [0, 0.1) is 5.92 Å². The van der Waals surface area contributed by atoms with Gasteiger partial charge in [-0.3, -0.25) is 0 Å². The molecule has 1 aliphatic carbocycles. The lowest BCUT2D eigenvalue weighted by atomic mass is 10.3. The number of hydrogen-bond acceptors (Lipinski definition) is 1. The normalized spacial score (nSPS) is 15.6. The molecule has 2 aromatic rings. The predicted octanol–water partition coefficient (Wildman–Crippen LogP) is 3.99. The van der Waals surface area contributed by atoms with Gasteiger partial charge < -0.3 is 4.57 Å². The van der Waals surface area contributed by atoms with Gasteiger partial charge in [-0.25, -0.2) is 4.98 Å². The smallest absolute Gasteiger partial charge is 0.111 e. The summed E-state index contributed by atoms with van der Waals surface area (Å²) in [5.41, 5.74) is 2.31. The quantitative estimate of drug-likeness (QED) is 0.780. The molecule has 1 aliphatic rings. The summed E-state index contributed by atoms with van der Waals surface area (Å²) >= 11 is 9.35. The summed E-state index contributed by atoms with van der Waals surface area (Å²) in [5.74, 6) is 2.61. The van der Waals surface area contributed by atoms with Gasteiger partial charge in [0.05, 0.1) is 11.0 Å². The van der Waals surface area contributed by atoms with Crippen molar-refractivity contribution in [2.24, 2.45) is 5.92 Å². The van der Waals surface area contributed by atoms with Crippen LogP contribution in [0.25, 0.3) is 11.0 Å². The number of nitrogens with zero attached hydrogens (tertiary/aromatic N) is 2. The third kappa shape index (κ3) is 2.36. The fourth-order valence-corrected chi connectivity index (χ4v) is 2.71. The fourth-order valence-electron chi connectivity index (χ4n) is 2.19. The Bertz CT molecular complexity index is 546. The fraction of sp³-hybridized carbons (Fsp3) is 0.462. The molecule has 1 saturated carbocycles. The van der Waals surface area contributed by atoms with Gasteiger partial charge >= 0.3 is 0 Å². The first-order valence-corrected chi connectivity index (χ1v) is 7.31. The van der Waals surface area contributed by atoms with Crippen molar-refractivity contribution in [3.63, 3.8) is 0 Å². The zero-order chi connectivity index (χ0) is 11.8. The van der Waals surface area contributed by atoms with E-state index in [1.807, 2.05) is 0 Å². The molecule has 1 aromatic heterocycles. The number of benzene rings is 1. The molecule has 2 nitrogen and oxygen atoms in total. The highest BCUT2D eigenvalue weighted by atomic mass is 79.9. The predicted molar refractivity (Wildman–Crippen MR) is 74.6 cm³/mol. The molecule has 1 fully saturated rings. The third-order valence-corrected chi connectivity index (χ3v) is 3.93. The summed E-state index contributed by atoms with van der Waals surface area (Å²) in [6.45, 7) is 1.10. The van der Waals surface area contributed by atoms with E-state index in [0.29, 0.717) is 5.88 Å². The number of aromatic nitrogens is 2. The summed E-state index contributed by atoms with van der Waals surface area (Å²) in [6, 6.07) is 6.31. The molecule has 4 heteroatoms. The lowest BCUT2D eigenvalue weighted by Gasteiger charge is -2.07. The Labute approximate surface area is 114 Å². The minimum absolute atomic E-state index is 0.634. The van der Waals surface area contributed by atoms with Crippen molar-refractivity contribution in [3.8, 4) is 0 Å². The molecule has 0 unspecified atom stereocenters. The Morgan fingerprint density at radius 1 is 1.41 bits per heavy atom. The minimum Gasteiger partial charge on any atom is -0.328 e. The third-order valence-electron chi connectivity index (χ3n) is 3.25. The van der Waals surface area contributed by atoms with Gasteiger partial charge in [0.15, 0.2) is 0 Å². The molecule has 1 aromatic carbocycles. The van der Waals surface area contributed by atoms with Gasteiger partial charge in [0, 0.05) is 23.3 Å². The second-order valence-electron chi connectivity index (χ2n) is 4.65. The Morgan fingerprint density at radius 3 is 2.94 bits per heavy atom. The standard InChI is InChI=1S/C13H14BrClN2/c14-10-3-4-12-11(7-10)16-13(5-6-15)17(12)8-9-1-2-9/h3-4,7,9H,1-2,5-6,8H2. The second kappa shape index (κ2) is 4.62. The first-order valence-electron chi connectivity index (χ1n) is 5.98. The van der Waals surface area contributed by atoms with Gasteiger partial charge in [-0.1, -0.05) is 15.9 Å². The number of alkyl halides is 1. The number of halogens is 2. The summed E-state index contributed by atoms with van der Waals surface area (Å²) in [4.78, 5) is 4.69. The number of rotatable bonds is 4. The van der Waals surface area contributed by atoms with E-state index in [-0.39, 0.29) is 0 Å². The Morgan fingerprint density at radius 2 is 2.24 bits per heavy atom. The molecule has 0 spiro atoms. The van der Waals surface area contributed by atoms with Crippen LogP contribution in [-0.2, 0) is 13.0 Å². The summed E-state index contributed by atoms with van der Waals surface area (Å²) in [6.07, 6.45) is 3.56. The van der Waals surface area contributed by atoms with E-state index in [0.717, 1.165) is 34.7 Å². The maximum absolute atomic E-state index is 5.86. The van der Waals surface area contributed by atoms with Crippen LogP contribution in [0.2, 0.25) is 0 Å². The first-order chi connectivity index (χ1) is 8.28. The van der Waals surface area contributed by atoms with Crippen LogP contribution in [0.3, 0.4) is 0 Å². The van der Waals surface area contributed by atoms with Gasteiger partial charge in [-0.15, -0.1) is 11.6 Å². The highest BCUT2D eigenvalue weighted by Crippen LogP contribution is 2.33. The highest BCUT2D eigenvalue weighted by Gasteiger charge is 2.24. The maximum atomic E-state index is 5.86. The van der Waals surface area contributed by atoms with E-state index in [1.165, 1.54) is 18.4 Å². The number of fused-ring (bicyclic) bond motifs is 1. The van der Waals surface area contributed by atoms with Crippen LogP contribution >= 0.6 is 27.5 Å². The van der Waals surface area contributed by atoms with E-state index in [4.69, 9.17) is 16.6 Å². The topological polar surface area (TPSA) is 17.8 Å². The molecule has 3 rings (SSSR count). The van der Waals surface area contributed by atoms with Gasteiger partial charge in [0.1, 0.15) is 5.82 Å². The Balaban J connectivity index is 2.08. The molecule has 90 valence electrons. The van der Waals surface area contributed by atoms with Crippen molar-refractivity contribution in [3.05, 3.63) is 28.5 Å². The molecule has 1 heterocycles.